The third-order valence-corrected chi connectivity index (χ3v) is 2.83. The Morgan fingerprint density at radius 2 is 2.05 bits per heavy atom. The third kappa shape index (κ3) is 5.46. The molecule has 0 saturated carbocycles. The Balaban J connectivity index is 2.50. The lowest BCUT2D eigenvalue weighted by Crippen LogP contribution is -2.53. The number of likely N-dealkylation sites (tertiary alicyclic amines) is 1. The van der Waals surface area contributed by atoms with Crippen LogP contribution in [0.4, 0.5) is 4.79 Å². The van der Waals surface area contributed by atoms with E-state index in [1.54, 1.807) is 11.8 Å². The average Bonchev–Trinajstić information content (AvgIpc) is 2.27. The minimum absolute atomic E-state index is 0.0419. The monoisotopic (exact) mass is 271 g/mol. The second kappa shape index (κ2) is 6.23. The van der Waals surface area contributed by atoms with Gasteiger partial charge in [-0.1, -0.05) is 0 Å². The molecule has 0 spiro atoms. The van der Waals surface area contributed by atoms with Crippen LogP contribution < -0.4 is 11.1 Å². The number of carbonyl (C=O) groups excluding carboxylic acids is 2. The highest BCUT2D eigenvalue weighted by Crippen LogP contribution is 2.15. The summed E-state index contributed by atoms with van der Waals surface area (Å²) < 4.78 is 5.33. The van der Waals surface area contributed by atoms with Gasteiger partial charge in [-0.2, -0.15) is 0 Å². The predicted octanol–water partition coefficient (Wildman–Crippen LogP) is 0.849. The lowest BCUT2D eigenvalue weighted by Gasteiger charge is -2.34. The van der Waals surface area contributed by atoms with E-state index in [0.717, 1.165) is 12.8 Å². The maximum Gasteiger partial charge on any atom is 0.410 e. The summed E-state index contributed by atoms with van der Waals surface area (Å²) in [5, 5.41) is 2.85. The Bertz CT molecular complexity index is 337. The van der Waals surface area contributed by atoms with Gasteiger partial charge >= 0.3 is 6.09 Å². The SMILES string of the molecule is C[C@H](N)C(=O)NC1CCCN(C(=O)OC(C)(C)C)C1. The second-order valence-corrected chi connectivity index (χ2v) is 6.06. The molecule has 0 aromatic rings. The van der Waals surface area contributed by atoms with Crippen molar-refractivity contribution in [1.82, 2.24) is 10.2 Å². The normalized spacial score (nSPS) is 21.7. The molecule has 110 valence electrons. The van der Waals surface area contributed by atoms with Crippen LogP contribution in [0, 0.1) is 0 Å². The van der Waals surface area contributed by atoms with Gasteiger partial charge in [0, 0.05) is 19.1 Å². The Labute approximate surface area is 114 Å². The topological polar surface area (TPSA) is 84.7 Å². The number of carbonyl (C=O) groups is 2. The Kier molecular flexibility index (Phi) is 5.17. The third-order valence-electron chi connectivity index (χ3n) is 2.83. The summed E-state index contributed by atoms with van der Waals surface area (Å²) in [5.74, 6) is -0.184. The van der Waals surface area contributed by atoms with E-state index >= 15 is 0 Å². The number of nitrogens with two attached hydrogens (primary N) is 1. The number of piperidine rings is 1. The number of hydrogen-bond acceptors (Lipinski definition) is 4. The van der Waals surface area contributed by atoms with Crippen LogP contribution in [0.15, 0.2) is 0 Å². The van der Waals surface area contributed by atoms with E-state index in [4.69, 9.17) is 10.5 Å². The molecule has 1 aliphatic heterocycles. The van der Waals surface area contributed by atoms with Crippen molar-refractivity contribution in [3.05, 3.63) is 0 Å². The van der Waals surface area contributed by atoms with E-state index in [9.17, 15) is 9.59 Å². The standard InChI is InChI=1S/C13H25N3O3/c1-9(14)11(17)15-10-6-5-7-16(8-10)12(18)19-13(2,3)4/h9-10H,5-8,14H2,1-4H3,(H,15,17)/t9-,10?/m0/s1. The van der Waals surface area contributed by atoms with Gasteiger partial charge < -0.3 is 20.7 Å². The van der Waals surface area contributed by atoms with Crippen molar-refractivity contribution < 1.29 is 14.3 Å². The van der Waals surface area contributed by atoms with Gasteiger partial charge in [-0.3, -0.25) is 4.79 Å². The van der Waals surface area contributed by atoms with Crippen LogP contribution in [0.5, 0.6) is 0 Å². The van der Waals surface area contributed by atoms with Gasteiger partial charge in [0.25, 0.3) is 0 Å². The van der Waals surface area contributed by atoms with Gasteiger partial charge in [-0.05, 0) is 40.5 Å². The molecule has 0 bridgehead atoms. The number of rotatable bonds is 2. The Morgan fingerprint density at radius 1 is 1.42 bits per heavy atom. The number of nitrogens with zero attached hydrogens (tertiary/aromatic N) is 1. The van der Waals surface area contributed by atoms with Crippen LogP contribution >= 0.6 is 0 Å². The zero-order chi connectivity index (χ0) is 14.6. The second-order valence-electron chi connectivity index (χ2n) is 6.06. The molecule has 3 N–H and O–H groups in total. The van der Waals surface area contributed by atoms with E-state index in [-0.39, 0.29) is 18.0 Å². The molecule has 1 rings (SSSR count). The molecule has 1 fully saturated rings. The van der Waals surface area contributed by atoms with Gasteiger partial charge in [-0.25, -0.2) is 4.79 Å². The first-order chi connectivity index (χ1) is 8.69. The van der Waals surface area contributed by atoms with Crippen LogP contribution in [0.3, 0.4) is 0 Å². The largest absolute Gasteiger partial charge is 0.444 e. The molecule has 1 aliphatic rings. The zero-order valence-corrected chi connectivity index (χ0v) is 12.2. The first-order valence-electron chi connectivity index (χ1n) is 6.73. The highest BCUT2D eigenvalue weighted by atomic mass is 16.6. The molecular weight excluding hydrogens is 246 g/mol. The minimum atomic E-state index is -0.531. The van der Waals surface area contributed by atoms with Crippen molar-refractivity contribution in [2.24, 2.45) is 5.73 Å². The summed E-state index contributed by atoms with van der Waals surface area (Å²) in [4.78, 5) is 25.1. The van der Waals surface area contributed by atoms with Crippen LogP contribution in [0.25, 0.3) is 0 Å². The predicted molar refractivity (Wildman–Crippen MR) is 72.6 cm³/mol. The molecule has 2 amide bonds. The fourth-order valence-corrected chi connectivity index (χ4v) is 1.92. The molecule has 0 aliphatic carbocycles. The molecule has 1 unspecified atom stereocenters. The van der Waals surface area contributed by atoms with Crippen molar-refractivity contribution in [3.63, 3.8) is 0 Å². The highest BCUT2D eigenvalue weighted by molar-refractivity contribution is 5.81. The van der Waals surface area contributed by atoms with Crippen molar-refractivity contribution >= 4 is 12.0 Å². The molecule has 6 heteroatoms. The van der Waals surface area contributed by atoms with Gasteiger partial charge in [0.1, 0.15) is 5.60 Å². The number of hydrogen-bond donors (Lipinski definition) is 2. The fourth-order valence-electron chi connectivity index (χ4n) is 1.92. The van der Waals surface area contributed by atoms with Gasteiger partial charge in [0.2, 0.25) is 5.91 Å². The van der Waals surface area contributed by atoms with E-state index in [1.165, 1.54) is 0 Å². The first-order valence-corrected chi connectivity index (χ1v) is 6.73. The number of nitrogens with one attached hydrogen (secondary N) is 1. The van der Waals surface area contributed by atoms with E-state index in [0.29, 0.717) is 13.1 Å². The maximum absolute atomic E-state index is 11.9. The minimum Gasteiger partial charge on any atom is -0.444 e. The quantitative estimate of drug-likeness (QED) is 0.779. The Morgan fingerprint density at radius 3 is 2.58 bits per heavy atom. The lowest BCUT2D eigenvalue weighted by molar-refractivity contribution is -0.123. The van der Waals surface area contributed by atoms with E-state index < -0.39 is 11.6 Å². The van der Waals surface area contributed by atoms with Crippen molar-refractivity contribution in [3.8, 4) is 0 Å². The maximum atomic E-state index is 11.9. The van der Waals surface area contributed by atoms with Gasteiger partial charge in [0.05, 0.1) is 6.04 Å². The number of ether oxygens (including phenoxy) is 1. The van der Waals surface area contributed by atoms with Crippen LogP contribution in [0.1, 0.15) is 40.5 Å². The van der Waals surface area contributed by atoms with Crippen molar-refractivity contribution in [2.45, 2.75) is 58.2 Å². The fraction of sp³-hybridized carbons (Fsp3) is 0.846. The van der Waals surface area contributed by atoms with Crippen molar-refractivity contribution in [1.29, 1.82) is 0 Å². The molecule has 6 nitrogen and oxygen atoms in total. The molecule has 0 radical (unpaired) electrons. The zero-order valence-electron chi connectivity index (χ0n) is 12.2. The van der Waals surface area contributed by atoms with E-state index in [1.807, 2.05) is 20.8 Å². The van der Waals surface area contributed by atoms with Crippen molar-refractivity contribution in [2.75, 3.05) is 13.1 Å². The molecule has 19 heavy (non-hydrogen) atoms. The van der Waals surface area contributed by atoms with Crippen LogP contribution in [0.2, 0.25) is 0 Å². The highest BCUT2D eigenvalue weighted by Gasteiger charge is 2.28. The lowest BCUT2D eigenvalue weighted by atomic mass is 10.1. The van der Waals surface area contributed by atoms with Gasteiger partial charge in [-0.15, -0.1) is 0 Å². The summed E-state index contributed by atoms with van der Waals surface area (Å²) in [5.41, 5.74) is 5.01. The molecule has 1 saturated heterocycles. The molecule has 1 heterocycles. The smallest absolute Gasteiger partial charge is 0.410 e. The molecule has 2 atom stereocenters. The summed E-state index contributed by atoms with van der Waals surface area (Å²) in [6.07, 6.45) is 1.38. The molecular formula is C13H25N3O3. The summed E-state index contributed by atoms with van der Waals surface area (Å²) in [6, 6.07) is -0.573. The summed E-state index contributed by atoms with van der Waals surface area (Å²) in [6.45, 7) is 8.30. The first kappa shape index (κ1) is 15.8. The van der Waals surface area contributed by atoms with Gasteiger partial charge in [0.15, 0.2) is 0 Å². The van der Waals surface area contributed by atoms with Crippen LogP contribution in [-0.4, -0.2) is 47.7 Å². The Hall–Kier alpha value is -1.30. The molecule has 0 aromatic carbocycles. The summed E-state index contributed by atoms with van der Waals surface area (Å²) >= 11 is 0. The average molecular weight is 271 g/mol. The molecule has 0 aromatic heterocycles. The summed E-state index contributed by atoms with van der Waals surface area (Å²) in [7, 11) is 0. The van der Waals surface area contributed by atoms with Crippen LogP contribution in [-0.2, 0) is 9.53 Å². The number of amides is 2. The van der Waals surface area contributed by atoms with E-state index in [2.05, 4.69) is 5.32 Å².